The van der Waals surface area contributed by atoms with Crippen LogP contribution in [0.15, 0.2) is 72.9 Å². The standard InChI is InChI=1S/C27H24N4O3/c32-27(31-13-11-30(12-14-31)26-7-3-4-10-28-26)21-18-23(29-22-6-2-1-5-20(21)22)19-8-9-24-25(17-19)34-16-15-33-24/h1-10,17-18H,11-16H2. The van der Waals surface area contributed by atoms with Gasteiger partial charge < -0.3 is 19.3 Å². The molecule has 4 aromatic rings. The lowest BCUT2D eigenvalue weighted by atomic mass is 10.0. The van der Waals surface area contributed by atoms with Crippen molar-refractivity contribution < 1.29 is 14.3 Å². The number of pyridine rings is 2. The van der Waals surface area contributed by atoms with Gasteiger partial charge in [0.25, 0.3) is 5.91 Å². The third-order valence-electron chi connectivity index (χ3n) is 6.32. The molecule has 0 aliphatic carbocycles. The van der Waals surface area contributed by atoms with Gasteiger partial charge in [0.1, 0.15) is 19.0 Å². The van der Waals surface area contributed by atoms with E-state index in [1.54, 1.807) is 6.20 Å². The van der Waals surface area contributed by atoms with Crippen molar-refractivity contribution in [3.05, 3.63) is 78.5 Å². The number of carbonyl (C=O) groups excluding carboxylic acids is 1. The molecule has 1 fully saturated rings. The molecule has 34 heavy (non-hydrogen) atoms. The van der Waals surface area contributed by atoms with Crippen LogP contribution in [0.4, 0.5) is 5.82 Å². The number of hydrogen-bond donors (Lipinski definition) is 0. The highest BCUT2D eigenvalue weighted by Gasteiger charge is 2.25. The number of hydrogen-bond acceptors (Lipinski definition) is 6. The fourth-order valence-corrected chi connectivity index (χ4v) is 4.55. The lowest BCUT2D eigenvalue weighted by molar-refractivity contribution is 0.0748. The molecular weight excluding hydrogens is 428 g/mol. The Bertz CT molecular complexity index is 1350. The summed E-state index contributed by atoms with van der Waals surface area (Å²) < 4.78 is 11.4. The minimum Gasteiger partial charge on any atom is -0.486 e. The van der Waals surface area contributed by atoms with Gasteiger partial charge in [0.2, 0.25) is 0 Å². The summed E-state index contributed by atoms with van der Waals surface area (Å²) in [6.07, 6.45) is 1.80. The van der Waals surface area contributed by atoms with Gasteiger partial charge in [0.15, 0.2) is 11.5 Å². The van der Waals surface area contributed by atoms with Crippen molar-refractivity contribution in [1.29, 1.82) is 0 Å². The summed E-state index contributed by atoms with van der Waals surface area (Å²) in [4.78, 5) is 27.1. The van der Waals surface area contributed by atoms with E-state index in [1.807, 2.05) is 71.6 Å². The van der Waals surface area contributed by atoms with Gasteiger partial charge in [-0.3, -0.25) is 4.79 Å². The number of nitrogens with zero attached hydrogens (tertiary/aromatic N) is 4. The van der Waals surface area contributed by atoms with Crippen LogP contribution in [0.5, 0.6) is 11.5 Å². The lowest BCUT2D eigenvalue weighted by Gasteiger charge is -2.35. The lowest BCUT2D eigenvalue weighted by Crippen LogP contribution is -2.49. The minimum absolute atomic E-state index is 0.0260. The predicted octanol–water partition coefficient (Wildman–Crippen LogP) is 4.03. The number of benzene rings is 2. The number of anilines is 1. The highest BCUT2D eigenvalue weighted by Crippen LogP contribution is 2.35. The molecular formula is C27H24N4O3. The van der Waals surface area contributed by atoms with Crippen LogP contribution in [-0.4, -0.2) is 60.2 Å². The number of para-hydroxylation sites is 1. The molecule has 170 valence electrons. The Hall–Kier alpha value is -4.13. The Labute approximate surface area is 197 Å². The fourth-order valence-electron chi connectivity index (χ4n) is 4.55. The topological polar surface area (TPSA) is 67.8 Å². The average molecular weight is 453 g/mol. The molecule has 0 N–H and O–H groups in total. The van der Waals surface area contributed by atoms with E-state index in [1.165, 1.54) is 0 Å². The van der Waals surface area contributed by atoms with Gasteiger partial charge in [0.05, 0.1) is 16.8 Å². The molecule has 2 aromatic carbocycles. The SMILES string of the molecule is O=C(c1cc(-c2ccc3c(c2)OCCO3)nc2ccccc12)N1CCN(c2ccccn2)CC1. The monoisotopic (exact) mass is 452 g/mol. The molecule has 2 aliphatic rings. The molecule has 0 atom stereocenters. The zero-order valence-corrected chi connectivity index (χ0v) is 18.7. The van der Waals surface area contributed by atoms with Crippen LogP contribution in [0.25, 0.3) is 22.2 Å². The molecule has 0 saturated carbocycles. The molecule has 6 rings (SSSR count). The molecule has 0 bridgehead atoms. The van der Waals surface area contributed by atoms with Gasteiger partial charge in [-0.05, 0) is 42.5 Å². The molecule has 2 aromatic heterocycles. The normalized spacial score (nSPS) is 15.4. The van der Waals surface area contributed by atoms with Gasteiger partial charge >= 0.3 is 0 Å². The highest BCUT2D eigenvalue weighted by atomic mass is 16.6. The Kier molecular flexibility index (Phi) is 5.22. The number of carbonyl (C=O) groups is 1. The van der Waals surface area contributed by atoms with Crippen molar-refractivity contribution in [2.45, 2.75) is 0 Å². The quantitative estimate of drug-likeness (QED) is 0.468. The molecule has 4 heterocycles. The highest BCUT2D eigenvalue weighted by molar-refractivity contribution is 6.07. The van der Waals surface area contributed by atoms with Crippen molar-refractivity contribution in [3.8, 4) is 22.8 Å². The van der Waals surface area contributed by atoms with E-state index in [0.29, 0.717) is 37.6 Å². The van der Waals surface area contributed by atoms with Gasteiger partial charge in [0, 0.05) is 43.3 Å². The third-order valence-corrected chi connectivity index (χ3v) is 6.32. The van der Waals surface area contributed by atoms with Crippen molar-refractivity contribution in [2.75, 3.05) is 44.3 Å². The van der Waals surface area contributed by atoms with Crippen molar-refractivity contribution in [2.24, 2.45) is 0 Å². The number of piperazine rings is 1. The molecule has 7 nitrogen and oxygen atoms in total. The van der Waals surface area contributed by atoms with Crippen LogP contribution in [0.2, 0.25) is 0 Å². The number of ether oxygens (including phenoxy) is 2. The van der Waals surface area contributed by atoms with Crippen LogP contribution in [0.1, 0.15) is 10.4 Å². The number of aromatic nitrogens is 2. The molecule has 2 aliphatic heterocycles. The summed E-state index contributed by atoms with van der Waals surface area (Å²) in [5.74, 6) is 2.41. The molecule has 1 amide bonds. The number of rotatable bonds is 3. The Morgan fingerprint density at radius 1 is 0.824 bits per heavy atom. The Balaban J connectivity index is 1.32. The zero-order valence-electron chi connectivity index (χ0n) is 18.7. The summed E-state index contributed by atoms with van der Waals surface area (Å²) >= 11 is 0. The van der Waals surface area contributed by atoms with E-state index in [9.17, 15) is 4.79 Å². The van der Waals surface area contributed by atoms with Crippen LogP contribution in [0.3, 0.4) is 0 Å². The van der Waals surface area contributed by atoms with Gasteiger partial charge in [-0.2, -0.15) is 0 Å². The van der Waals surface area contributed by atoms with Crippen molar-refractivity contribution in [3.63, 3.8) is 0 Å². The summed E-state index contributed by atoms with van der Waals surface area (Å²) in [6, 6.07) is 21.4. The van der Waals surface area contributed by atoms with Gasteiger partial charge in [-0.25, -0.2) is 9.97 Å². The maximum atomic E-state index is 13.7. The first-order valence-corrected chi connectivity index (χ1v) is 11.5. The van der Waals surface area contributed by atoms with Crippen LogP contribution >= 0.6 is 0 Å². The van der Waals surface area contributed by atoms with E-state index in [2.05, 4.69) is 9.88 Å². The average Bonchev–Trinajstić information content (AvgIpc) is 2.92. The van der Waals surface area contributed by atoms with Crippen molar-refractivity contribution in [1.82, 2.24) is 14.9 Å². The van der Waals surface area contributed by atoms with Gasteiger partial charge in [-0.1, -0.05) is 24.3 Å². The fraction of sp³-hybridized carbons (Fsp3) is 0.222. The van der Waals surface area contributed by atoms with Crippen LogP contribution in [0, 0.1) is 0 Å². The minimum atomic E-state index is 0.0260. The van der Waals surface area contributed by atoms with E-state index in [-0.39, 0.29) is 5.91 Å². The van der Waals surface area contributed by atoms with E-state index < -0.39 is 0 Å². The first-order valence-electron chi connectivity index (χ1n) is 11.5. The maximum absolute atomic E-state index is 13.7. The largest absolute Gasteiger partial charge is 0.486 e. The Morgan fingerprint density at radius 2 is 1.62 bits per heavy atom. The first-order chi connectivity index (χ1) is 16.8. The van der Waals surface area contributed by atoms with Crippen LogP contribution < -0.4 is 14.4 Å². The second kappa shape index (κ2) is 8.67. The molecule has 0 unspecified atom stereocenters. The molecule has 1 saturated heterocycles. The summed E-state index contributed by atoms with van der Waals surface area (Å²) in [5.41, 5.74) is 3.10. The number of amides is 1. The number of fused-ring (bicyclic) bond motifs is 2. The summed E-state index contributed by atoms with van der Waals surface area (Å²) in [7, 11) is 0. The van der Waals surface area contributed by atoms with Crippen LogP contribution in [-0.2, 0) is 0 Å². The zero-order chi connectivity index (χ0) is 22.9. The van der Waals surface area contributed by atoms with E-state index >= 15 is 0 Å². The third kappa shape index (κ3) is 3.79. The first kappa shape index (κ1) is 20.5. The van der Waals surface area contributed by atoms with Crippen molar-refractivity contribution >= 4 is 22.6 Å². The summed E-state index contributed by atoms with van der Waals surface area (Å²) in [5, 5.41) is 0.862. The smallest absolute Gasteiger partial charge is 0.254 e. The molecule has 0 spiro atoms. The van der Waals surface area contributed by atoms with Gasteiger partial charge in [-0.15, -0.1) is 0 Å². The second-order valence-electron chi connectivity index (χ2n) is 8.40. The maximum Gasteiger partial charge on any atom is 0.254 e. The predicted molar refractivity (Wildman–Crippen MR) is 131 cm³/mol. The summed E-state index contributed by atoms with van der Waals surface area (Å²) in [6.45, 7) is 3.86. The Morgan fingerprint density at radius 3 is 2.44 bits per heavy atom. The van der Waals surface area contributed by atoms with E-state index in [0.717, 1.165) is 46.8 Å². The molecule has 7 heteroatoms. The van der Waals surface area contributed by atoms with E-state index in [4.69, 9.17) is 14.5 Å². The second-order valence-corrected chi connectivity index (χ2v) is 8.40. The molecule has 0 radical (unpaired) electrons.